The van der Waals surface area contributed by atoms with Gasteiger partial charge >= 0.3 is 0 Å². The number of fused-ring (bicyclic) bond motifs is 1. The van der Waals surface area contributed by atoms with Crippen molar-refractivity contribution < 1.29 is 18.6 Å². The van der Waals surface area contributed by atoms with E-state index in [1.54, 1.807) is 6.92 Å². The van der Waals surface area contributed by atoms with Gasteiger partial charge in [-0.05, 0) is 67.1 Å². The number of halogens is 2. The first-order chi connectivity index (χ1) is 13.2. The lowest BCUT2D eigenvalue weighted by atomic mass is 9.82. The molecule has 2 aromatic rings. The molecule has 0 aromatic heterocycles. The zero-order valence-corrected chi connectivity index (χ0v) is 16.8. The minimum absolute atomic E-state index is 0.00729. The molecular weight excluding hydrogens is 360 g/mol. The van der Waals surface area contributed by atoms with Crippen molar-refractivity contribution >= 4 is 10.8 Å². The molecule has 1 aliphatic rings. The van der Waals surface area contributed by atoms with E-state index in [1.165, 1.54) is 0 Å². The number of rotatable bonds is 7. The molecule has 0 saturated heterocycles. The maximum atomic E-state index is 14.1. The van der Waals surface area contributed by atoms with E-state index in [0.717, 1.165) is 22.1 Å². The van der Waals surface area contributed by atoms with Crippen LogP contribution in [-0.2, 0) is 5.54 Å². The zero-order chi connectivity index (χ0) is 20.4. The quantitative estimate of drug-likeness (QED) is 0.666. The van der Waals surface area contributed by atoms with Gasteiger partial charge in [-0.1, -0.05) is 31.5 Å². The number of nitrogens with two attached hydrogens (primary N) is 1. The smallest absolute Gasteiger partial charge is 0.250 e. The average molecular weight is 392 g/mol. The van der Waals surface area contributed by atoms with Crippen LogP contribution in [0, 0.1) is 5.92 Å². The van der Waals surface area contributed by atoms with E-state index in [2.05, 4.69) is 0 Å². The van der Waals surface area contributed by atoms with Crippen LogP contribution in [0.1, 0.15) is 57.9 Å². The monoisotopic (exact) mass is 391 g/mol. The Kier molecular flexibility index (Phi) is 6.25. The SMILES string of the molecule is CCCC(F)(F)C1CCC(Oc2ccc3cc([C@@](C)(N)CO)ccc3c2)CC1. The summed E-state index contributed by atoms with van der Waals surface area (Å²) in [7, 11) is 0. The molecule has 28 heavy (non-hydrogen) atoms. The zero-order valence-electron chi connectivity index (χ0n) is 16.8. The molecule has 1 fully saturated rings. The number of hydrogen-bond donors (Lipinski definition) is 2. The Morgan fingerprint density at radius 1 is 1.07 bits per heavy atom. The van der Waals surface area contributed by atoms with E-state index < -0.39 is 17.4 Å². The lowest BCUT2D eigenvalue weighted by molar-refractivity contribution is -0.0858. The van der Waals surface area contributed by atoms with Crippen molar-refractivity contribution in [1.29, 1.82) is 0 Å². The Morgan fingerprint density at radius 2 is 1.71 bits per heavy atom. The van der Waals surface area contributed by atoms with Crippen LogP contribution < -0.4 is 10.5 Å². The molecule has 3 rings (SSSR count). The Labute approximate surface area is 165 Å². The second kappa shape index (κ2) is 8.34. The molecule has 0 unspecified atom stereocenters. The van der Waals surface area contributed by atoms with Crippen molar-refractivity contribution in [2.75, 3.05) is 6.61 Å². The van der Waals surface area contributed by atoms with Crippen LogP contribution in [0.15, 0.2) is 36.4 Å². The summed E-state index contributed by atoms with van der Waals surface area (Å²) in [5.74, 6) is -2.30. The lowest BCUT2D eigenvalue weighted by Crippen LogP contribution is -2.36. The maximum Gasteiger partial charge on any atom is 0.250 e. The highest BCUT2D eigenvalue weighted by Gasteiger charge is 2.40. The first kappa shape index (κ1) is 21.0. The molecule has 0 heterocycles. The Hall–Kier alpha value is -1.72. The summed E-state index contributed by atoms with van der Waals surface area (Å²) in [6.07, 6.45) is 2.87. The second-order valence-corrected chi connectivity index (χ2v) is 8.40. The number of benzene rings is 2. The topological polar surface area (TPSA) is 55.5 Å². The molecule has 0 aliphatic heterocycles. The van der Waals surface area contributed by atoms with Crippen LogP contribution in [0.4, 0.5) is 8.78 Å². The molecular formula is C23H31F2NO2. The normalized spacial score (nSPS) is 22.8. The first-order valence-electron chi connectivity index (χ1n) is 10.2. The standard InChI is InChI=1S/C23H31F2NO2/c1-3-12-23(24,25)18-7-10-20(11-8-18)28-21-9-5-16-13-19(22(2,26)15-27)6-4-17(16)14-21/h4-6,9,13-14,18,20,27H,3,7-8,10-12,15,26H2,1-2H3/t18?,20?,22-/m0/s1. The van der Waals surface area contributed by atoms with Crippen molar-refractivity contribution in [3.05, 3.63) is 42.0 Å². The number of hydrogen-bond acceptors (Lipinski definition) is 3. The van der Waals surface area contributed by atoms with Gasteiger partial charge < -0.3 is 15.6 Å². The van der Waals surface area contributed by atoms with E-state index in [0.29, 0.717) is 32.1 Å². The van der Waals surface area contributed by atoms with E-state index in [9.17, 15) is 13.9 Å². The fourth-order valence-corrected chi connectivity index (χ4v) is 4.08. The molecule has 154 valence electrons. The minimum atomic E-state index is -2.55. The van der Waals surface area contributed by atoms with Gasteiger partial charge in [-0.15, -0.1) is 0 Å². The Bertz CT molecular complexity index is 798. The fraction of sp³-hybridized carbons (Fsp3) is 0.565. The molecule has 1 atom stereocenters. The van der Waals surface area contributed by atoms with Gasteiger partial charge in [-0.25, -0.2) is 8.78 Å². The summed E-state index contributed by atoms with van der Waals surface area (Å²) >= 11 is 0. The van der Waals surface area contributed by atoms with Crippen LogP contribution in [-0.4, -0.2) is 23.7 Å². The maximum absolute atomic E-state index is 14.1. The summed E-state index contributed by atoms with van der Waals surface area (Å²) in [6.45, 7) is 3.48. The van der Waals surface area contributed by atoms with Crippen molar-refractivity contribution in [2.24, 2.45) is 11.7 Å². The highest BCUT2D eigenvalue weighted by atomic mass is 19.3. The fourth-order valence-electron chi connectivity index (χ4n) is 4.08. The van der Waals surface area contributed by atoms with Crippen LogP contribution in [0.5, 0.6) is 5.75 Å². The largest absolute Gasteiger partial charge is 0.490 e. The van der Waals surface area contributed by atoms with Gasteiger partial charge in [0.2, 0.25) is 0 Å². The molecule has 0 spiro atoms. The van der Waals surface area contributed by atoms with Crippen LogP contribution in [0.25, 0.3) is 10.8 Å². The summed E-state index contributed by atoms with van der Waals surface area (Å²) in [6, 6.07) is 11.7. The third kappa shape index (κ3) is 4.64. The summed E-state index contributed by atoms with van der Waals surface area (Å²) in [5.41, 5.74) is 6.22. The third-order valence-electron chi connectivity index (χ3n) is 5.96. The minimum Gasteiger partial charge on any atom is -0.490 e. The van der Waals surface area contributed by atoms with Gasteiger partial charge in [0, 0.05) is 12.3 Å². The summed E-state index contributed by atoms with van der Waals surface area (Å²) < 4.78 is 34.3. The predicted molar refractivity (Wildman–Crippen MR) is 109 cm³/mol. The van der Waals surface area contributed by atoms with Crippen molar-refractivity contribution in [3.63, 3.8) is 0 Å². The first-order valence-corrected chi connectivity index (χ1v) is 10.2. The van der Waals surface area contributed by atoms with Crippen molar-refractivity contribution in [1.82, 2.24) is 0 Å². The molecule has 0 amide bonds. The third-order valence-corrected chi connectivity index (χ3v) is 5.96. The van der Waals surface area contributed by atoms with E-state index in [-0.39, 0.29) is 19.1 Å². The van der Waals surface area contributed by atoms with Gasteiger partial charge in [0.25, 0.3) is 5.92 Å². The molecule has 3 nitrogen and oxygen atoms in total. The van der Waals surface area contributed by atoms with E-state index >= 15 is 0 Å². The van der Waals surface area contributed by atoms with Crippen LogP contribution in [0.3, 0.4) is 0 Å². The molecule has 0 radical (unpaired) electrons. The van der Waals surface area contributed by atoms with Crippen molar-refractivity contribution in [2.45, 2.75) is 69.9 Å². The molecule has 2 aromatic carbocycles. The van der Waals surface area contributed by atoms with Gasteiger partial charge in [0.05, 0.1) is 18.2 Å². The number of alkyl halides is 2. The lowest BCUT2D eigenvalue weighted by Gasteiger charge is -2.33. The molecule has 1 saturated carbocycles. The van der Waals surface area contributed by atoms with Gasteiger partial charge in [0.15, 0.2) is 0 Å². The van der Waals surface area contributed by atoms with E-state index in [4.69, 9.17) is 10.5 Å². The van der Waals surface area contributed by atoms with Gasteiger partial charge in [0.1, 0.15) is 5.75 Å². The van der Waals surface area contributed by atoms with Gasteiger partial charge in [-0.3, -0.25) is 0 Å². The molecule has 5 heteroatoms. The van der Waals surface area contributed by atoms with E-state index in [1.807, 2.05) is 43.3 Å². The summed E-state index contributed by atoms with van der Waals surface area (Å²) in [5, 5.41) is 11.5. The highest BCUT2D eigenvalue weighted by molar-refractivity contribution is 5.84. The predicted octanol–water partition coefficient (Wildman–Crippen LogP) is 5.38. The number of aliphatic hydroxyl groups excluding tert-OH is 1. The van der Waals surface area contributed by atoms with Crippen LogP contribution in [0.2, 0.25) is 0 Å². The molecule has 1 aliphatic carbocycles. The highest BCUT2D eigenvalue weighted by Crippen LogP contribution is 2.40. The summed E-state index contributed by atoms with van der Waals surface area (Å²) in [4.78, 5) is 0. The Morgan fingerprint density at radius 3 is 2.36 bits per heavy atom. The molecule has 0 bridgehead atoms. The number of aliphatic hydroxyl groups is 1. The average Bonchev–Trinajstić information content (AvgIpc) is 2.68. The van der Waals surface area contributed by atoms with Crippen molar-refractivity contribution in [3.8, 4) is 5.75 Å². The Balaban J connectivity index is 1.65. The van der Waals surface area contributed by atoms with Gasteiger partial charge in [-0.2, -0.15) is 0 Å². The second-order valence-electron chi connectivity index (χ2n) is 8.40. The molecule has 3 N–H and O–H groups in total. The van der Waals surface area contributed by atoms with Crippen LogP contribution >= 0.6 is 0 Å². The number of ether oxygens (including phenoxy) is 1.